The zero-order chi connectivity index (χ0) is 8.36. The van der Waals surface area contributed by atoms with Crippen LogP contribution >= 0.6 is 35.0 Å². The molecule has 11 heavy (non-hydrogen) atoms. The van der Waals surface area contributed by atoms with Crippen molar-refractivity contribution in [1.82, 2.24) is 0 Å². The van der Waals surface area contributed by atoms with E-state index < -0.39 is 0 Å². The van der Waals surface area contributed by atoms with E-state index in [9.17, 15) is 0 Å². The Kier molecular flexibility index (Phi) is 11.9. The summed E-state index contributed by atoms with van der Waals surface area (Å²) in [4.78, 5) is 0. The maximum absolute atomic E-state index is 5.54. The second-order valence-electron chi connectivity index (χ2n) is 2.40. The SMILES string of the molecule is ClCCCCSCCCCCl. The molecule has 0 unspecified atom stereocenters. The van der Waals surface area contributed by atoms with Crippen LogP contribution in [0.25, 0.3) is 0 Å². The molecule has 0 spiro atoms. The number of hydrogen-bond donors (Lipinski definition) is 0. The molecule has 0 fully saturated rings. The molecule has 0 aliphatic carbocycles. The van der Waals surface area contributed by atoms with Crippen LogP contribution in [0.5, 0.6) is 0 Å². The summed E-state index contributed by atoms with van der Waals surface area (Å²) in [5.74, 6) is 4.13. The minimum absolute atomic E-state index is 0.808. The van der Waals surface area contributed by atoms with Crippen LogP contribution < -0.4 is 0 Å². The lowest BCUT2D eigenvalue weighted by Crippen LogP contribution is -1.86. The average Bonchev–Trinajstić information content (AvgIpc) is 2.03. The van der Waals surface area contributed by atoms with E-state index in [2.05, 4.69) is 0 Å². The highest BCUT2D eigenvalue weighted by atomic mass is 35.5. The fourth-order valence-corrected chi connectivity index (χ4v) is 2.10. The van der Waals surface area contributed by atoms with Gasteiger partial charge in [0.15, 0.2) is 0 Å². The zero-order valence-corrected chi connectivity index (χ0v) is 9.15. The normalized spacial score (nSPS) is 10.4. The van der Waals surface area contributed by atoms with Crippen molar-refractivity contribution in [2.24, 2.45) is 0 Å². The van der Waals surface area contributed by atoms with Gasteiger partial charge in [-0.15, -0.1) is 23.2 Å². The van der Waals surface area contributed by atoms with Crippen molar-refractivity contribution >= 4 is 35.0 Å². The molecular weight excluding hydrogens is 199 g/mol. The van der Waals surface area contributed by atoms with E-state index in [1.165, 1.54) is 24.3 Å². The fraction of sp³-hybridized carbons (Fsp3) is 1.00. The van der Waals surface area contributed by atoms with Crippen LogP contribution in [0.3, 0.4) is 0 Å². The van der Waals surface area contributed by atoms with Gasteiger partial charge in [-0.3, -0.25) is 0 Å². The molecule has 0 radical (unpaired) electrons. The Balaban J connectivity index is 2.69. The molecule has 0 heterocycles. The van der Waals surface area contributed by atoms with Gasteiger partial charge in [0.05, 0.1) is 0 Å². The molecule has 0 amide bonds. The number of alkyl halides is 2. The van der Waals surface area contributed by atoms with Crippen LogP contribution in [0.15, 0.2) is 0 Å². The van der Waals surface area contributed by atoms with E-state index >= 15 is 0 Å². The summed E-state index contributed by atoms with van der Waals surface area (Å²) >= 11 is 13.1. The van der Waals surface area contributed by atoms with Gasteiger partial charge in [0.2, 0.25) is 0 Å². The molecule has 0 bridgehead atoms. The van der Waals surface area contributed by atoms with Crippen molar-refractivity contribution < 1.29 is 0 Å². The highest BCUT2D eigenvalue weighted by Crippen LogP contribution is 2.08. The van der Waals surface area contributed by atoms with Crippen LogP contribution in [-0.4, -0.2) is 23.3 Å². The standard InChI is InChI=1S/C8H16Cl2S/c9-5-1-3-7-11-8-4-2-6-10/h1-8H2. The topological polar surface area (TPSA) is 0 Å². The molecule has 0 N–H and O–H groups in total. The summed E-state index contributed by atoms with van der Waals surface area (Å²) in [7, 11) is 0. The van der Waals surface area contributed by atoms with Crippen LogP contribution in [0, 0.1) is 0 Å². The highest BCUT2D eigenvalue weighted by Gasteiger charge is 1.89. The molecule has 0 aliphatic rings. The number of halogens is 2. The van der Waals surface area contributed by atoms with E-state index in [1.807, 2.05) is 11.8 Å². The van der Waals surface area contributed by atoms with Gasteiger partial charge in [0.1, 0.15) is 0 Å². The summed E-state index contributed by atoms with van der Waals surface area (Å²) in [6, 6.07) is 0. The van der Waals surface area contributed by atoms with Crippen LogP contribution in [0.4, 0.5) is 0 Å². The van der Waals surface area contributed by atoms with Crippen LogP contribution in [-0.2, 0) is 0 Å². The molecular formula is C8H16Cl2S. The van der Waals surface area contributed by atoms with Crippen molar-refractivity contribution in [2.75, 3.05) is 23.3 Å². The van der Waals surface area contributed by atoms with Crippen molar-refractivity contribution in [3.8, 4) is 0 Å². The van der Waals surface area contributed by atoms with Crippen molar-refractivity contribution in [3.05, 3.63) is 0 Å². The third kappa shape index (κ3) is 10.9. The number of unbranched alkanes of at least 4 members (excludes halogenated alkanes) is 2. The minimum atomic E-state index is 0.808. The lowest BCUT2D eigenvalue weighted by molar-refractivity contribution is 0.885. The predicted molar refractivity (Wildman–Crippen MR) is 57.2 cm³/mol. The van der Waals surface area contributed by atoms with Crippen LogP contribution in [0.2, 0.25) is 0 Å². The van der Waals surface area contributed by atoms with Crippen molar-refractivity contribution in [1.29, 1.82) is 0 Å². The second-order valence-corrected chi connectivity index (χ2v) is 4.39. The third-order valence-corrected chi connectivity index (χ3v) is 3.03. The molecule has 0 atom stereocenters. The van der Waals surface area contributed by atoms with E-state index in [-0.39, 0.29) is 0 Å². The first-order valence-corrected chi connectivity index (χ1v) is 6.34. The summed E-state index contributed by atoms with van der Waals surface area (Å²) < 4.78 is 0. The van der Waals surface area contributed by atoms with Gasteiger partial charge < -0.3 is 0 Å². The monoisotopic (exact) mass is 214 g/mol. The van der Waals surface area contributed by atoms with Gasteiger partial charge in [-0.05, 0) is 37.2 Å². The molecule has 0 aromatic heterocycles. The Morgan fingerprint density at radius 2 is 1.18 bits per heavy atom. The second kappa shape index (κ2) is 10.9. The Hall–Kier alpha value is 0.930. The molecule has 0 saturated heterocycles. The number of hydrogen-bond acceptors (Lipinski definition) is 1. The van der Waals surface area contributed by atoms with Crippen molar-refractivity contribution in [3.63, 3.8) is 0 Å². The Morgan fingerprint density at radius 1 is 0.727 bits per heavy atom. The van der Waals surface area contributed by atoms with E-state index in [0.717, 1.165) is 24.6 Å². The first-order chi connectivity index (χ1) is 5.41. The lowest BCUT2D eigenvalue weighted by Gasteiger charge is -1.98. The van der Waals surface area contributed by atoms with Gasteiger partial charge in [-0.2, -0.15) is 11.8 Å². The van der Waals surface area contributed by atoms with Crippen molar-refractivity contribution in [2.45, 2.75) is 25.7 Å². The zero-order valence-electron chi connectivity index (χ0n) is 6.82. The molecule has 0 aromatic rings. The first kappa shape index (κ1) is 11.9. The third-order valence-electron chi connectivity index (χ3n) is 1.34. The number of thioether (sulfide) groups is 1. The highest BCUT2D eigenvalue weighted by molar-refractivity contribution is 7.99. The molecule has 0 rings (SSSR count). The first-order valence-electron chi connectivity index (χ1n) is 4.11. The van der Waals surface area contributed by atoms with Crippen LogP contribution in [0.1, 0.15) is 25.7 Å². The quantitative estimate of drug-likeness (QED) is 0.439. The molecule has 0 nitrogen and oxygen atoms in total. The molecule has 0 aromatic carbocycles. The Morgan fingerprint density at radius 3 is 1.55 bits per heavy atom. The predicted octanol–water partition coefficient (Wildman–Crippen LogP) is 3.76. The Bertz CT molecular complexity index is 61.1. The number of rotatable bonds is 8. The lowest BCUT2D eigenvalue weighted by atomic mass is 10.4. The van der Waals surface area contributed by atoms with E-state index in [0.29, 0.717) is 0 Å². The summed E-state index contributed by atoms with van der Waals surface area (Å²) in [5, 5.41) is 0. The maximum atomic E-state index is 5.54. The van der Waals surface area contributed by atoms with Gasteiger partial charge in [0.25, 0.3) is 0 Å². The van der Waals surface area contributed by atoms with Gasteiger partial charge in [-0.1, -0.05) is 0 Å². The van der Waals surface area contributed by atoms with Gasteiger partial charge in [-0.25, -0.2) is 0 Å². The van der Waals surface area contributed by atoms with E-state index in [4.69, 9.17) is 23.2 Å². The molecule has 0 aliphatic heterocycles. The fourth-order valence-electron chi connectivity index (χ4n) is 0.699. The largest absolute Gasteiger partial charge is 0.162 e. The Labute approximate surface area is 84.0 Å². The van der Waals surface area contributed by atoms with E-state index in [1.54, 1.807) is 0 Å². The van der Waals surface area contributed by atoms with Gasteiger partial charge >= 0.3 is 0 Å². The summed E-state index contributed by atoms with van der Waals surface area (Å²) in [6.07, 6.45) is 4.83. The maximum Gasteiger partial charge on any atom is 0.0223 e. The average molecular weight is 215 g/mol. The molecule has 0 saturated carbocycles. The summed E-state index contributed by atoms with van der Waals surface area (Å²) in [5.41, 5.74) is 0. The smallest absolute Gasteiger partial charge is 0.0223 e. The molecule has 68 valence electrons. The van der Waals surface area contributed by atoms with Gasteiger partial charge in [0, 0.05) is 11.8 Å². The molecule has 3 heteroatoms. The minimum Gasteiger partial charge on any atom is -0.162 e. The summed E-state index contributed by atoms with van der Waals surface area (Å²) in [6.45, 7) is 0.